The largest absolute Gasteiger partial charge is 0.338 e. The van der Waals surface area contributed by atoms with Gasteiger partial charge < -0.3 is 4.90 Å². The maximum atomic E-state index is 12.0. The molecule has 1 amide bonds. The number of piperidine rings is 1. The van der Waals surface area contributed by atoms with Crippen molar-refractivity contribution >= 4 is 17.5 Å². The number of nitrogens with zero attached hydrogens (tertiary/aromatic N) is 2. The second kappa shape index (κ2) is 3.20. The highest BCUT2D eigenvalue weighted by Crippen LogP contribution is 2.45. The van der Waals surface area contributed by atoms with Crippen molar-refractivity contribution in [1.29, 1.82) is 0 Å². The average Bonchev–Trinajstić information content (AvgIpc) is 2.86. The number of hydrogen-bond donors (Lipinski definition) is 0. The molecule has 4 heteroatoms. The minimum absolute atomic E-state index is 0.0892. The molecule has 1 aromatic rings. The van der Waals surface area contributed by atoms with Gasteiger partial charge in [0, 0.05) is 19.3 Å². The van der Waals surface area contributed by atoms with Gasteiger partial charge in [0.15, 0.2) is 0 Å². The molecular formula is C11H11ClN2O. The van der Waals surface area contributed by atoms with Gasteiger partial charge in [0.25, 0.3) is 5.91 Å². The topological polar surface area (TPSA) is 33.2 Å². The Morgan fingerprint density at radius 1 is 1.40 bits per heavy atom. The number of aromatic nitrogens is 1. The molecule has 3 rings (SSSR count). The fourth-order valence-electron chi connectivity index (χ4n) is 2.25. The van der Waals surface area contributed by atoms with Gasteiger partial charge in [-0.25, -0.2) is 4.98 Å². The normalized spacial score (nSPS) is 27.7. The van der Waals surface area contributed by atoms with E-state index in [-0.39, 0.29) is 5.91 Å². The van der Waals surface area contributed by atoms with Gasteiger partial charge in [-0.3, -0.25) is 4.79 Å². The molecule has 0 spiro atoms. The molecule has 1 aliphatic heterocycles. The molecular weight excluding hydrogens is 212 g/mol. The number of likely N-dealkylation sites (tertiary alicyclic amines) is 1. The zero-order valence-corrected chi connectivity index (χ0v) is 8.94. The fourth-order valence-corrected chi connectivity index (χ4v) is 2.36. The Balaban J connectivity index is 1.76. The van der Waals surface area contributed by atoms with Crippen LogP contribution in [0.25, 0.3) is 0 Å². The molecule has 0 radical (unpaired) electrons. The van der Waals surface area contributed by atoms with E-state index in [4.69, 9.17) is 11.6 Å². The number of pyridine rings is 1. The van der Waals surface area contributed by atoms with Crippen LogP contribution in [0.1, 0.15) is 16.8 Å². The highest BCUT2D eigenvalue weighted by molar-refractivity contribution is 6.29. The van der Waals surface area contributed by atoms with Gasteiger partial charge in [-0.15, -0.1) is 0 Å². The fraction of sp³-hybridized carbons (Fsp3) is 0.455. The molecule has 2 aliphatic rings. The molecule has 1 saturated carbocycles. The Morgan fingerprint density at radius 2 is 2.13 bits per heavy atom. The summed E-state index contributed by atoms with van der Waals surface area (Å²) < 4.78 is 0. The predicted molar refractivity (Wildman–Crippen MR) is 56.7 cm³/mol. The van der Waals surface area contributed by atoms with Gasteiger partial charge in [0.05, 0.1) is 5.56 Å². The number of carbonyl (C=O) groups excluding carboxylic acids is 1. The van der Waals surface area contributed by atoms with Crippen LogP contribution in [0.15, 0.2) is 18.3 Å². The van der Waals surface area contributed by atoms with Crippen molar-refractivity contribution in [3.8, 4) is 0 Å². The third-order valence-corrected chi connectivity index (χ3v) is 3.46. The van der Waals surface area contributed by atoms with Crippen LogP contribution in [0.2, 0.25) is 5.15 Å². The molecule has 0 aromatic carbocycles. The van der Waals surface area contributed by atoms with Crippen molar-refractivity contribution in [3.05, 3.63) is 29.0 Å². The van der Waals surface area contributed by atoms with E-state index in [1.54, 1.807) is 18.3 Å². The smallest absolute Gasteiger partial charge is 0.255 e. The summed E-state index contributed by atoms with van der Waals surface area (Å²) >= 11 is 5.67. The van der Waals surface area contributed by atoms with Gasteiger partial charge in [-0.05, 0) is 30.4 Å². The van der Waals surface area contributed by atoms with E-state index in [1.165, 1.54) is 6.42 Å². The van der Waals surface area contributed by atoms with Crippen molar-refractivity contribution in [3.63, 3.8) is 0 Å². The summed E-state index contributed by atoms with van der Waals surface area (Å²) in [6.45, 7) is 1.85. The van der Waals surface area contributed by atoms with Crippen LogP contribution in [-0.4, -0.2) is 28.9 Å². The third kappa shape index (κ3) is 1.61. The highest BCUT2D eigenvalue weighted by Gasteiger charge is 2.46. The third-order valence-electron chi connectivity index (χ3n) is 3.24. The first-order chi connectivity index (χ1) is 7.24. The number of fused-ring (bicyclic) bond motifs is 1. The number of halogens is 1. The summed E-state index contributed by atoms with van der Waals surface area (Å²) in [5.74, 6) is 1.63. The first-order valence-electron chi connectivity index (χ1n) is 5.15. The lowest BCUT2D eigenvalue weighted by molar-refractivity contribution is 0.0775. The van der Waals surface area contributed by atoms with Crippen molar-refractivity contribution < 1.29 is 4.79 Å². The Morgan fingerprint density at radius 3 is 2.73 bits per heavy atom. The lowest BCUT2D eigenvalue weighted by Crippen LogP contribution is -2.30. The minimum atomic E-state index is 0.0892. The molecule has 1 aromatic heterocycles. The second-order valence-corrected chi connectivity index (χ2v) is 4.72. The molecule has 0 N–H and O–H groups in total. The van der Waals surface area contributed by atoms with E-state index in [0.29, 0.717) is 10.7 Å². The van der Waals surface area contributed by atoms with Crippen LogP contribution in [0.5, 0.6) is 0 Å². The molecule has 15 heavy (non-hydrogen) atoms. The summed E-state index contributed by atoms with van der Waals surface area (Å²) in [6.07, 6.45) is 2.86. The van der Waals surface area contributed by atoms with Gasteiger partial charge in [0.2, 0.25) is 0 Å². The van der Waals surface area contributed by atoms with E-state index < -0.39 is 0 Å². The van der Waals surface area contributed by atoms with Gasteiger partial charge in [0.1, 0.15) is 5.15 Å². The van der Waals surface area contributed by atoms with Crippen molar-refractivity contribution in [2.45, 2.75) is 6.42 Å². The first-order valence-corrected chi connectivity index (χ1v) is 5.52. The zero-order chi connectivity index (χ0) is 10.4. The van der Waals surface area contributed by atoms with E-state index >= 15 is 0 Å². The number of hydrogen-bond acceptors (Lipinski definition) is 2. The summed E-state index contributed by atoms with van der Waals surface area (Å²) in [5, 5.41) is 0.427. The van der Waals surface area contributed by atoms with Crippen LogP contribution in [-0.2, 0) is 0 Å². The SMILES string of the molecule is O=C(c1ccc(Cl)nc1)N1CC2CC2C1. The number of amides is 1. The lowest BCUT2D eigenvalue weighted by atomic mass is 10.2. The van der Waals surface area contributed by atoms with Crippen LogP contribution in [0, 0.1) is 11.8 Å². The molecule has 2 unspecified atom stereocenters. The average molecular weight is 223 g/mol. The molecule has 78 valence electrons. The molecule has 1 saturated heterocycles. The van der Waals surface area contributed by atoms with Gasteiger partial charge >= 0.3 is 0 Å². The highest BCUT2D eigenvalue weighted by atomic mass is 35.5. The van der Waals surface area contributed by atoms with Crippen LogP contribution < -0.4 is 0 Å². The van der Waals surface area contributed by atoms with E-state index in [0.717, 1.165) is 24.9 Å². The van der Waals surface area contributed by atoms with Crippen molar-refractivity contribution in [2.24, 2.45) is 11.8 Å². The van der Waals surface area contributed by atoms with Gasteiger partial charge in [-0.1, -0.05) is 11.6 Å². The maximum Gasteiger partial charge on any atom is 0.255 e. The van der Waals surface area contributed by atoms with Crippen LogP contribution in [0.3, 0.4) is 0 Å². The molecule has 0 bridgehead atoms. The predicted octanol–water partition coefficient (Wildman–Crippen LogP) is 1.83. The van der Waals surface area contributed by atoms with E-state index in [2.05, 4.69) is 4.98 Å². The van der Waals surface area contributed by atoms with Crippen molar-refractivity contribution in [1.82, 2.24) is 9.88 Å². The quantitative estimate of drug-likeness (QED) is 0.680. The molecule has 2 atom stereocenters. The summed E-state index contributed by atoms with van der Waals surface area (Å²) in [4.78, 5) is 17.8. The monoisotopic (exact) mass is 222 g/mol. The Bertz CT molecular complexity index is 394. The number of carbonyl (C=O) groups is 1. The van der Waals surface area contributed by atoms with Gasteiger partial charge in [-0.2, -0.15) is 0 Å². The summed E-state index contributed by atoms with van der Waals surface area (Å²) in [5.41, 5.74) is 0.640. The van der Waals surface area contributed by atoms with Crippen molar-refractivity contribution in [2.75, 3.05) is 13.1 Å². The van der Waals surface area contributed by atoms with E-state index in [9.17, 15) is 4.79 Å². The standard InChI is InChI=1S/C11H11ClN2O/c12-10-2-1-7(4-13-10)11(15)14-5-8-3-9(8)6-14/h1-2,4,8-9H,3,5-6H2. The van der Waals surface area contributed by atoms with Crippen LogP contribution >= 0.6 is 11.6 Å². The maximum absolute atomic E-state index is 12.0. The zero-order valence-electron chi connectivity index (χ0n) is 8.19. The lowest BCUT2D eigenvalue weighted by Gasteiger charge is -2.17. The molecule has 3 nitrogen and oxygen atoms in total. The number of rotatable bonds is 1. The van der Waals surface area contributed by atoms with E-state index in [1.807, 2.05) is 4.90 Å². The first kappa shape index (κ1) is 9.16. The molecule has 1 aliphatic carbocycles. The molecule has 2 heterocycles. The molecule has 2 fully saturated rings. The van der Waals surface area contributed by atoms with Crippen LogP contribution in [0.4, 0.5) is 0 Å². The Kier molecular flexibility index (Phi) is 1.96. The Hall–Kier alpha value is -1.09. The second-order valence-electron chi connectivity index (χ2n) is 4.34. The summed E-state index contributed by atoms with van der Waals surface area (Å²) in [7, 11) is 0. The minimum Gasteiger partial charge on any atom is -0.338 e. The summed E-state index contributed by atoms with van der Waals surface area (Å²) in [6, 6.07) is 3.40. The Labute approximate surface area is 93.1 Å².